The summed E-state index contributed by atoms with van der Waals surface area (Å²) in [7, 11) is 0. The van der Waals surface area contributed by atoms with E-state index in [-0.39, 0.29) is 11.3 Å². The third-order valence-electron chi connectivity index (χ3n) is 4.78. The predicted molar refractivity (Wildman–Crippen MR) is 106 cm³/mol. The van der Waals surface area contributed by atoms with Gasteiger partial charge in [-0.05, 0) is 40.8 Å². The molecule has 0 aliphatic carbocycles. The Labute approximate surface area is 156 Å². The topological polar surface area (TPSA) is 41.6 Å². The summed E-state index contributed by atoms with van der Waals surface area (Å²) in [6.45, 7) is 10.5. The maximum absolute atomic E-state index is 12.4. The number of rotatable bonds is 4. The molecular formula is C22H28N2O2. The van der Waals surface area contributed by atoms with Crippen molar-refractivity contribution >= 4 is 11.6 Å². The van der Waals surface area contributed by atoms with Crippen LogP contribution in [-0.4, -0.2) is 32.2 Å². The molecule has 0 aromatic heterocycles. The molecule has 1 aliphatic rings. The van der Waals surface area contributed by atoms with Crippen LogP contribution in [0.3, 0.4) is 0 Å². The average Bonchev–Trinajstić information content (AvgIpc) is 2.66. The molecule has 0 bridgehead atoms. The molecule has 0 unspecified atom stereocenters. The summed E-state index contributed by atoms with van der Waals surface area (Å²) in [6.07, 6.45) is 0. The lowest BCUT2D eigenvalue weighted by atomic mass is 9.87. The van der Waals surface area contributed by atoms with Crippen LogP contribution in [0, 0.1) is 0 Å². The number of ether oxygens (including phenoxy) is 1. The van der Waals surface area contributed by atoms with Gasteiger partial charge in [0.1, 0.15) is 0 Å². The number of benzene rings is 2. The van der Waals surface area contributed by atoms with Crippen molar-refractivity contribution in [3.05, 3.63) is 65.2 Å². The van der Waals surface area contributed by atoms with Crippen molar-refractivity contribution in [3.63, 3.8) is 0 Å². The second-order valence-corrected chi connectivity index (χ2v) is 7.78. The third-order valence-corrected chi connectivity index (χ3v) is 4.78. The predicted octanol–water partition coefficient (Wildman–Crippen LogP) is 3.75. The summed E-state index contributed by atoms with van der Waals surface area (Å²) in [5.74, 6) is -0.0392. The van der Waals surface area contributed by atoms with Gasteiger partial charge in [0.25, 0.3) is 5.91 Å². The average molecular weight is 352 g/mol. The van der Waals surface area contributed by atoms with Crippen molar-refractivity contribution in [1.82, 2.24) is 5.32 Å². The van der Waals surface area contributed by atoms with Gasteiger partial charge in [-0.1, -0.05) is 45.0 Å². The van der Waals surface area contributed by atoms with E-state index in [2.05, 4.69) is 55.3 Å². The molecule has 0 radical (unpaired) electrons. The molecule has 1 saturated heterocycles. The van der Waals surface area contributed by atoms with E-state index in [1.54, 1.807) is 0 Å². The van der Waals surface area contributed by atoms with Crippen molar-refractivity contribution in [3.8, 4) is 0 Å². The van der Waals surface area contributed by atoms with Crippen LogP contribution < -0.4 is 10.2 Å². The fraction of sp³-hybridized carbons (Fsp3) is 0.409. The number of hydrogen-bond acceptors (Lipinski definition) is 3. The molecule has 4 heteroatoms. The summed E-state index contributed by atoms with van der Waals surface area (Å²) >= 11 is 0. The van der Waals surface area contributed by atoms with Crippen molar-refractivity contribution in [2.24, 2.45) is 0 Å². The number of carbonyl (C=O) groups is 1. The number of nitrogens with one attached hydrogen (secondary N) is 1. The first-order valence-corrected chi connectivity index (χ1v) is 9.24. The third kappa shape index (κ3) is 4.64. The van der Waals surface area contributed by atoms with Gasteiger partial charge >= 0.3 is 0 Å². The summed E-state index contributed by atoms with van der Waals surface area (Å²) in [6, 6.07) is 16.3. The van der Waals surface area contributed by atoms with Crippen LogP contribution >= 0.6 is 0 Å². The number of anilines is 1. The zero-order valence-electron chi connectivity index (χ0n) is 15.9. The van der Waals surface area contributed by atoms with Crippen LogP contribution in [0.25, 0.3) is 0 Å². The monoisotopic (exact) mass is 352 g/mol. The standard InChI is InChI=1S/C22H28N2O2/c1-22(2,3)19-8-6-18(7-9-19)21(25)23-16-17-4-10-20(11-5-17)24-12-14-26-15-13-24/h4-11H,12-16H2,1-3H3,(H,23,25). The summed E-state index contributed by atoms with van der Waals surface area (Å²) in [5, 5.41) is 3.00. The number of amides is 1. The van der Waals surface area contributed by atoms with E-state index >= 15 is 0 Å². The fourth-order valence-electron chi connectivity index (χ4n) is 3.05. The van der Waals surface area contributed by atoms with Crippen molar-refractivity contribution in [2.75, 3.05) is 31.2 Å². The van der Waals surface area contributed by atoms with Crippen LogP contribution in [0.1, 0.15) is 42.3 Å². The van der Waals surface area contributed by atoms with E-state index < -0.39 is 0 Å². The molecule has 1 fully saturated rings. The summed E-state index contributed by atoms with van der Waals surface area (Å²) in [5.41, 5.74) is 4.33. The Balaban J connectivity index is 1.55. The van der Waals surface area contributed by atoms with Gasteiger partial charge in [0, 0.05) is 30.9 Å². The van der Waals surface area contributed by atoms with Crippen LogP contribution in [-0.2, 0) is 16.7 Å². The highest BCUT2D eigenvalue weighted by atomic mass is 16.5. The SMILES string of the molecule is CC(C)(C)c1ccc(C(=O)NCc2ccc(N3CCOCC3)cc2)cc1. The van der Waals surface area contributed by atoms with Crippen molar-refractivity contribution in [1.29, 1.82) is 0 Å². The zero-order chi connectivity index (χ0) is 18.6. The minimum absolute atomic E-state index is 0.0392. The van der Waals surface area contributed by atoms with Gasteiger partial charge in [0.15, 0.2) is 0 Å². The van der Waals surface area contributed by atoms with Gasteiger partial charge in [-0.2, -0.15) is 0 Å². The number of morpholine rings is 1. The van der Waals surface area contributed by atoms with Gasteiger partial charge in [0.2, 0.25) is 0 Å². The number of carbonyl (C=O) groups excluding carboxylic acids is 1. The normalized spacial score (nSPS) is 15.0. The quantitative estimate of drug-likeness (QED) is 0.911. The molecule has 1 amide bonds. The molecular weight excluding hydrogens is 324 g/mol. The van der Waals surface area contributed by atoms with Crippen LogP contribution in [0.5, 0.6) is 0 Å². The Hall–Kier alpha value is -2.33. The summed E-state index contributed by atoms with van der Waals surface area (Å²) < 4.78 is 5.39. The van der Waals surface area contributed by atoms with E-state index in [4.69, 9.17) is 4.74 Å². The highest BCUT2D eigenvalue weighted by Crippen LogP contribution is 2.22. The Morgan fingerprint density at radius 2 is 1.62 bits per heavy atom. The molecule has 0 saturated carbocycles. The molecule has 138 valence electrons. The molecule has 26 heavy (non-hydrogen) atoms. The minimum Gasteiger partial charge on any atom is -0.378 e. The van der Waals surface area contributed by atoms with Gasteiger partial charge in [0.05, 0.1) is 13.2 Å². The molecule has 2 aromatic carbocycles. The smallest absolute Gasteiger partial charge is 0.251 e. The Morgan fingerprint density at radius 1 is 1.00 bits per heavy atom. The zero-order valence-corrected chi connectivity index (χ0v) is 15.9. The molecule has 1 aliphatic heterocycles. The van der Waals surface area contributed by atoms with Gasteiger partial charge in [-0.15, -0.1) is 0 Å². The van der Waals surface area contributed by atoms with E-state index in [0.717, 1.165) is 31.9 Å². The maximum atomic E-state index is 12.4. The van der Waals surface area contributed by atoms with Crippen LogP contribution in [0.2, 0.25) is 0 Å². The van der Waals surface area contributed by atoms with E-state index in [1.807, 2.05) is 24.3 Å². The fourth-order valence-corrected chi connectivity index (χ4v) is 3.05. The first-order valence-electron chi connectivity index (χ1n) is 9.24. The van der Waals surface area contributed by atoms with Crippen molar-refractivity contribution in [2.45, 2.75) is 32.7 Å². The lowest BCUT2D eigenvalue weighted by Crippen LogP contribution is -2.36. The molecule has 0 spiro atoms. The van der Waals surface area contributed by atoms with E-state index in [9.17, 15) is 4.79 Å². The van der Waals surface area contributed by atoms with Crippen LogP contribution in [0.4, 0.5) is 5.69 Å². The Morgan fingerprint density at radius 3 is 2.19 bits per heavy atom. The van der Waals surface area contributed by atoms with Crippen LogP contribution in [0.15, 0.2) is 48.5 Å². The Kier molecular flexibility index (Phi) is 5.62. The highest BCUT2D eigenvalue weighted by Gasteiger charge is 2.14. The maximum Gasteiger partial charge on any atom is 0.251 e. The lowest BCUT2D eigenvalue weighted by molar-refractivity contribution is 0.0951. The van der Waals surface area contributed by atoms with Gasteiger partial charge in [-0.25, -0.2) is 0 Å². The second-order valence-electron chi connectivity index (χ2n) is 7.78. The van der Waals surface area contributed by atoms with Gasteiger partial charge in [-0.3, -0.25) is 4.79 Å². The molecule has 1 heterocycles. The van der Waals surface area contributed by atoms with Gasteiger partial charge < -0.3 is 15.0 Å². The largest absolute Gasteiger partial charge is 0.378 e. The number of hydrogen-bond donors (Lipinski definition) is 1. The van der Waals surface area contributed by atoms with E-state index in [1.165, 1.54) is 11.3 Å². The number of nitrogens with zero attached hydrogens (tertiary/aromatic N) is 1. The molecule has 4 nitrogen and oxygen atoms in total. The molecule has 3 rings (SSSR count). The molecule has 1 N–H and O–H groups in total. The molecule has 0 atom stereocenters. The molecule has 2 aromatic rings. The first-order chi connectivity index (χ1) is 12.4. The van der Waals surface area contributed by atoms with Crippen molar-refractivity contribution < 1.29 is 9.53 Å². The second kappa shape index (κ2) is 7.92. The van der Waals surface area contributed by atoms with E-state index in [0.29, 0.717) is 12.1 Å². The summed E-state index contributed by atoms with van der Waals surface area (Å²) in [4.78, 5) is 14.7. The Bertz CT molecular complexity index is 724. The highest BCUT2D eigenvalue weighted by molar-refractivity contribution is 5.94. The minimum atomic E-state index is -0.0392. The first kappa shape index (κ1) is 18.5. The lowest BCUT2D eigenvalue weighted by Gasteiger charge is -2.28.